The molecule has 5 nitrogen and oxygen atoms in total. The first kappa shape index (κ1) is 16.9. The molecular weight excluding hydrogens is 311 g/mol. The van der Waals surface area contributed by atoms with E-state index in [-0.39, 0.29) is 0 Å². The molecule has 1 atom stereocenters. The Kier molecular flexibility index (Phi) is 4.92. The lowest BCUT2D eigenvalue weighted by molar-refractivity contribution is -0.141. The predicted octanol–water partition coefficient (Wildman–Crippen LogP) is 3.32. The molecule has 0 aliphatic heterocycles. The van der Waals surface area contributed by atoms with Crippen molar-refractivity contribution in [1.82, 2.24) is 15.3 Å². The van der Waals surface area contributed by atoms with Crippen LogP contribution in [0, 0.1) is 0 Å². The van der Waals surface area contributed by atoms with E-state index in [1.54, 1.807) is 31.2 Å². The van der Waals surface area contributed by atoms with E-state index in [0.717, 1.165) is 6.33 Å². The van der Waals surface area contributed by atoms with Gasteiger partial charge in [0.25, 0.3) is 5.91 Å². The van der Waals surface area contributed by atoms with Gasteiger partial charge < -0.3 is 15.0 Å². The minimum absolute atomic E-state index is 0.492. The van der Waals surface area contributed by atoms with Crippen LogP contribution in [0.5, 0.6) is 5.75 Å². The summed E-state index contributed by atoms with van der Waals surface area (Å²) in [5, 5.41) is 2.50. The zero-order chi connectivity index (χ0) is 17.0. The third-order valence-electron chi connectivity index (χ3n) is 3.15. The molecule has 0 spiro atoms. The molecule has 2 rings (SSSR count). The number of H-pyrrole nitrogens is 1. The molecule has 0 saturated heterocycles. The first-order chi connectivity index (χ1) is 10.8. The summed E-state index contributed by atoms with van der Waals surface area (Å²) < 4.78 is 43.7. The number of ether oxygens (including phenoxy) is 1. The average Bonchev–Trinajstić information content (AvgIpc) is 2.97. The number of halogens is 3. The second kappa shape index (κ2) is 6.72. The second-order valence-electron chi connectivity index (χ2n) is 4.82. The molecule has 23 heavy (non-hydrogen) atoms. The molecular formula is C15H16F3N3O2. The van der Waals surface area contributed by atoms with Crippen LogP contribution >= 0.6 is 0 Å². The first-order valence-corrected chi connectivity index (χ1v) is 6.97. The van der Waals surface area contributed by atoms with Crippen molar-refractivity contribution in [3.05, 3.63) is 47.5 Å². The van der Waals surface area contributed by atoms with Gasteiger partial charge in [-0.05, 0) is 31.5 Å². The van der Waals surface area contributed by atoms with Crippen LogP contribution in [0.2, 0.25) is 0 Å². The quantitative estimate of drug-likeness (QED) is 0.885. The summed E-state index contributed by atoms with van der Waals surface area (Å²) in [5.74, 6) is -0.269. The van der Waals surface area contributed by atoms with Crippen molar-refractivity contribution in [3.8, 4) is 5.75 Å². The van der Waals surface area contributed by atoms with Crippen molar-refractivity contribution < 1.29 is 22.7 Å². The van der Waals surface area contributed by atoms with Crippen LogP contribution < -0.4 is 10.1 Å². The minimum Gasteiger partial charge on any atom is -0.494 e. The van der Waals surface area contributed by atoms with Crippen molar-refractivity contribution in [1.29, 1.82) is 0 Å². The SMILES string of the molecule is CCOc1cccc(C(C)NC(=O)c2nc[nH]c2C(F)(F)F)c1. The van der Waals surface area contributed by atoms with Gasteiger partial charge in [0, 0.05) is 0 Å². The maximum absolute atomic E-state index is 12.8. The van der Waals surface area contributed by atoms with E-state index in [4.69, 9.17) is 4.74 Å². The Morgan fingerprint density at radius 2 is 2.17 bits per heavy atom. The molecule has 1 amide bonds. The summed E-state index contributed by atoms with van der Waals surface area (Å²) in [6, 6.07) is 6.49. The lowest BCUT2D eigenvalue weighted by Gasteiger charge is -2.15. The highest BCUT2D eigenvalue weighted by molar-refractivity contribution is 5.93. The molecule has 0 saturated carbocycles. The summed E-state index contributed by atoms with van der Waals surface area (Å²) in [4.78, 5) is 17.5. The van der Waals surface area contributed by atoms with E-state index >= 15 is 0 Å². The lowest BCUT2D eigenvalue weighted by Crippen LogP contribution is -2.29. The van der Waals surface area contributed by atoms with Gasteiger partial charge in [0.15, 0.2) is 11.4 Å². The highest BCUT2D eigenvalue weighted by atomic mass is 19.4. The maximum Gasteiger partial charge on any atom is 0.433 e. The summed E-state index contributed by atoms with van der Waals surface area (Å²) in [6.07, 6.45) is -3.82. The molecule has 0 fully saturated rings. The number of nitrogens with zero attached hydrogens (tertiary/aromatic N) is 1. The fourth-order valence-electron chi connectivity index (χ4n) is 2.07. The van der Waals surface area contributed by atoms with E-state index in [9.17, 15) is 18.0 Å². The van der Waals surface area contributed by atoms with Crippen LogP contribution in [0.1, 0.15) is 41.6 Å². The van der Waals surface area contributed by atoms with Crippen molar-refractivity contribution >= 4 is 5.91 Å². The highest BCUT2D eigenvalue weighted by Gasteiger charge is 2.38. The summed E-state index contributed by atoms with van der Waals surface area (Å²) >= 11 is 0. The van der Waals surface area contributed by atoms with Crippen LogP contribution in [0.3, 0.4) is 0 Å². The van der Waals surface area contributed by atoms with Gasteiger partial charge in [0.05, 0.1) is 19.0 Å². The van der Waals surface area contributed by atoms with E-state index in [2.05, 4.69) is 10.3 Å². The molecule has 0 bridgehead atoms. The third kappa shape index (κ3) is 4.02. The Hall–Kier alpha value is -2.51. The van der Waals surface area contributed by atoms with Gasteiger partial charge in [-0.2, -0.15) is 13.2 Å². The smallest absolute Gasteiger partial charge is 0.433 e. The van der Waals surface area contributed by atoms with Crippen LogP contribution in [0.4, 0.5) is 13.2 Å². The normalized spacial score (nSPS) is 12.7. The molecule has 1 aromatic carbocycles. The maximum atomic E-state index is 12.8. The molecule has 2 N–H and O–H groups in total. The van der Waals surface area contributed by atoms with E-state index < -0.39 is 29.5 Å². The predicted molar refractivity (Wildman–Crippen MR) is 77.1 cm³/mol. The Morgan fingerprint density at radius 1 is 1.43 bits per heavy atom. The third-order valence-corrected chi connectivity index (χ3v) is 3.15. The molecule has 2 aromatic rings. The van der Waals surface area contributed by atoms with Gasteiger partial charge in [0.1, 0.15) is 5.75 Å². The number of aromatic nitrogens is 2. The largest absolute Gasteiger partial charge is 0.494 e. The number of hydrogen-bond donors (Lipinski definition) is 2. The molecule has 0 aliphatic rings. The van der Waals surface area contributed by atoms with Crippen molar-refractivity contribution in [2.75, 3.05) is 6.61 Å². The molecule has 0 radical (unpaired) electrons. The number of aromatic amines is 1. The molecule has 1 heterocycles. The van der Waals surface area contributed by atoms with Crippen LogP contribution in [-0.4, -0.2) is 22.5 Å². The molecule has 1 aromatic heterocycles. The van der Waals surface area contributed by atoms with E-state index in [1.165, 1.54) is 0 Å². The number of rotatable bonds is 5. The van der Waals surface area contributed by atoms with Crippen molar-refractivity contribution in [2.45, 2.75) is 26.1 Å². The minimum atomic E-state index is -4.67. The second-order valence-corrected chi connectivity index (χ2v) is 4.82. The fraction of sp³-hybridized carbons (Fsp3) is 0.333. The van der Waals surface area contributed by atoms with Gasteiger partial charge in [0.2, 0.25) is 0 Å². The van der Waals surface area contributed by atoms with Gasteiger partial charge in [-0.25, -0.2) is 4.98 Å². The van der Waals surface area contributed by atoms with Crippen molar-refractivity contribution in [3.63, 3.8) is 0 Å². The standard InChI is InChI=1S/C15H16F3N3O2/c1-3-23-11-6-4-5-10(7-11)9(2)21-14(22)12-13(15(16,17)18)20-8-19-12/h4-9H,3H2,1-2H3,(H,19,20)(H,21,22). The molecule has 1 unspecified atom stereocenters. The summed E-state index contributed by atoms with van der Waals surface area (Å²) in [6.45, 7) is 4.00. The summed E-state index contributed by atoms with van der Waals surface area (Å²) in [7, 11) is 0. The number of amides is 1. The number of carbonyl (C=O) groups excluding carboxylic acids is 1. The van der Waals surface area contributed by atoms with Crippen LogP contribution in [-0.2, 0) is 6.18 Å². The number of benzene rings is 1. The van der Waals surface area contributed by atoms with E-state index in [1.807, 2.05) is 11.9 Å². The number of imidazole rings is 1. The highest BCUT2D eigenvalue weighted by Crippen LogP contribution is 2.30. The monoisotopic (exact) mass is 327 g/mol. The Labute approximate surface area is 130 Å². The number of hydrogen-bond acceptors (Lipinski definition) is 3. The molecule has 0 aliphatic carbocycles. The van der Waals surface area contributed by atoms with Gasteiger partial charge in [-0.3, -0.25) is 4.79 Å². The lowest BCUT2D eigenvalue weighted by atomic mass is 10.1. The zero-order valence-corrected chi connectivity index (χ0v) is 12.6. The summed E-state index contributed by atoms with van der Waals surface area (Å²) in [5.41, 5.74) is -1.12. The molecule has 124 valence electrons. The average molecular weight is 327 g/mol. The van der Waals surface area contributed by atoms with Gasteiger partial charge in [-0.15, -0.1) is 0 Å². The Bertz CT molecular complexity index is 683. The fourth-order valence-corrected chi connectivity index (χ4v) is 2.07. The number of alkyl halides is 3. The number of carbonyl (C=O) groups is 1. The molecule has 8 heteroatoms. The topological polar surface area (TPSA) is 67.0 Å². The Balaban J connectivity index is 2.14. The van der Waals surface area contributed by atoms with E-state index in [0.29, 0.717) is 17.9 Å². The van der Waals surface area contributed by atoms with Crippen molar-refractivity contribution in [2.24, 2.45) is 0 Å². The van der Waals surface area contributed by atoms with Gasteiger partial charge >= 0.3 is 6.18 Å². The van der Waals surface area contributed by atoms with Gasteiger partial charge in [-0.1, -0.05) is 12.1 Å². The van der Waals surface area contributed by atoms with Crippen LogP contribution in [0.15, 0.2) is 30.6 Å². The van der Waals surface area contributed by atoms with Crippen LogP contribution in [0.25, 0.3) is 0 Å². The Morgan fingerprint density at radius 3 is 2.83 bits per heavy atom. The zero-order valence-electron chi connectivity index (χ0n) is 12.6. The first-order valence-electron chi connectivity index (χ1n) is 6.97. The number of nitrogens with one attached hydrogen (secondary N) is 2.